The van der Waals surface area contributed by atoms with E-state index < -0.39 is 0 Å². The van der Waals surface area contributed by atoms with Gasteiger partial charge in [0.1, 0.15) is 5.82 Å². The van der Waals surface area contributed by atoms with Gasteiger partial charge in [0.2, 0.25) is 0 Å². The Morgan fingerprint density at radius 2 is 1.93 bits per heavy atom. The van der Waals surface area contributed by atoms with E-state index in [9.17, 15) is 0 Å². The second-order valence-electron chi connectivity index (χ2n) is 7.01. The van der Waals surface area contributed by atoms with Crippen molar-refractivity contribution >= 4 is 47.4 Å². The Morgan fingerprint density at radius 1 is 1.14 bits per heavy atom. The molecule has 1 aromatic carbocycles. The van der Waals surface area contributed by atoms with Gasteiger partial charge in [0.05, 0.1) is 0 Å². The van der Waals surface area contributed by atoms with Crippen LogP contribution in [0.2, 0.25) is 5.02 Å². The molecule has 0 saturated carbocycles. The van der Waals surface area contributed by atoms with Crippen LogP contribution < -0.4 is 15.5 Å². The van der Waals surface area contributed by atoms with Gasteiger partial charge in [-0.15, -0.1) is 24.0 Å². The Hall–Kier alpha value is -1.58. The summed E-state index contributed by atoms with van der Waals surface area (Å²) in [5, 5.41) is 7.55. The van der Waals surface area contributed by atoms with Crippen molar-refractivity contribution in [3.63, 3.8) is 0 Å². The third-order valence-electron chi connectivity index (χ3n) is 4.94. The average Bonchev–Trinajstić information content (AvgIpc) is 2.71. The SMILES string of the molecule is CN=C(NCCc1cccc(Cl)c1)NCc1cccnc1N1CCN(C)CC1.I. The smallest absolute Gasteiger partial charge is 0.191 e. The van der Waals surface area contributed by atoms with Crippen molar-refractivity contribution in [2.75, 3.05) is 51.7 Å². The molecule has 1 aromatic heterocycles. The Labute approximate surface area is 195 Å². The van der Waals surface area contributed by atoms with Crippen LogP contribution in [0, 0.1) is 0 Å². The van der Waals surface area contributed by atoms with Crippen molar-refractivity contribution in [1.82, 2.24) is 20.5 Å². The van der Waals surface area contributed by atoms with E-state index in [0.29, 0.717) is 6.54 Å². The molecule has 3 rings (SSSR count). The molecular formula is C21H30ClIN6. The van der Waals surface area contributed by atoms with Crippen molar-refractivity contribution < 1.29 is 0 Å². The zero-order valence-corrected chi connectivity index (χ0v) is 20.2. The molecule has 0 atom stereocenters. The second-order valence-corrected chi connectivity index (χ2v) is 7.45. The number of rotatable bonds is 6. The van der Waals surface area contributed by atoms with E-state index in [-0.39, 0.29) is 24.0 Å². The van der Waals surface area contributed by atoms with Crippen molar-refractivity contribution in [1.29, 1.82) is 0 Å². The fourth-order valence-corrected chi connectivity index (χ4v) is 3.50. The van der Waals surface area contributed by atoms with Crippen molar-refractivity contribution in [2.45, 2.75) is 13.0 Å². The molecule has 1 fully saturated rings. The number of guanidine groups is 1. The number of hydrogen-bond acceptors (Lipinski definition) is 4. The molecule has 29 heavy (non-hydrogen) atoms. The van der Waals surface area contributed by atoms with E-state index in [1.807, 2.05) is 30.5 Å². The van der Waals surface area contributed by atoms with Gasteiger partial charge < -0.3 is 20.4 Å². The van der Waals surface area contributed by atoms with E-state index in [0.717, 1.165) is 55.9 Å². The normalized spacial score (nSPS) is 15.0. The zero-order chi connectivity index (χ0) is 19.8. The van der Waals surface area contributed by atoms with E-state index in [2.05, 4.69) is 49.6 Å². The molecule has 158 valence electrons. The maximum Gasteiger partial charge on any atom is 0.191 e. The van der Waals surface area contributed by atoms with Crippen LogP contribution in [0.25, 0.3) is 0 Å². The van der Waals surface area contributed by atoms with E-state index in [1.165, 1.54) is 11.1 Å². The molecule has 0 aliphatic carbocycles. The van der Waals surface area contributed by atoms with Gasteiger partial charge in [-0.2, -0.15) is 0 Å². The Morgan fingerprint density at radius 3 is 2.66 bits per heavy atom. The molecular weight excluding hydrogens is 499 g/mol. The van der Waals surface area contributed by atoms with Crippen LogP contribution in [-0.2, 0) is 13.0 Å². The first-order valence-electron chi connectivity index (χ1n) is 9.72. The lowest BCUT2D eigenvalue weighted by atomic mass is 10.1. The van der Waals surface area contributed by atoms with Crippen molar-refractivity contribution in [2.24, 2.45) is 4.99 Å². The van der Waals surface area contributed by atoms with Gasteiger partial charge in [-0.25, -0.2) is 4.98 Å². The minimum Gasteiger partial charge on any atom is -0.356 e. The monoisotopic (exact) mass is 528 g/mol. The van der Waals surface area contributed by atoms with Crippen LogP contribution in [-0.4, -0.2) is 62.7 Å². The summed E-state index contributed by atoms with van der Waals surface area (Å²) >= 11 is 6.05. The number of aromatic nitrogens is 1. The van der Waals surface area contributed by atoms with Crippen LogP contribution in [0.5, 0.6) is 0 Å². The summed E-state index contributed by atoms with van der Waals surface area (Å²) in [5.74, 6) is 1.85. The summed E-state index contributed by atoms with van der Waals surface area (Å²) in [6.45, 7) is 5.62. The second kappa shape index (κ2) is 12.2. The summed E-state index contributed by atoms with van der Waals surface area (Å²) in [5.41, 5.74) is 2.39. The highest BCUT2D eigenvalue weighted by Crippen LogP contribution is 2.18. The highest BCUT2D eigenvalue weighted by molar-refractivity contribution is 14.0. The number of likely N-dealkylation sites (N-methyl/N-ethyl adjacent to an activating group) is 1. The Kier molecular flexibility index (Phi) is 9.96. The summed E-state index contributed by atoms with van der Waals surface area (Å²) in [7, 11) is 3.95. The highest BCUT2D eigenvalue weighted by Gasteiger charge is 2.17. The predicted octanol–water partition coefficient (Wildman–Crippen LogP) is 3.01. The van der Waals surface area contributed by atoms with Gasteiger partial charge in [0.25, 0.3) is 0 Å². The van der Waals surface area contributed by atoms with Crippen LogP contribution in [0.15, 0.2) is 47.6 Å². The number of hydrogen-bond donors (Lipinski definition) is 2. The van der Waals surface area contributed by atoms with Crippen LogP contribution in [0.3, 0.4) is 0 Å². The number of halogens is 2. The number of pyridine rings is 1. The minimum absolute atomic E-state index is 0. The third-order valence-corrected chi connectivity index (χ3v) is 5.17. The number of nitrogens with one attached hydrogen (secondary N) is 2. The number of benzene rings is 1. The molecule has 1 saturated heterocycles. The molecule has 1 aliphatic heterocycles. The van der Waals surface area contributed by atoms with Gasteiger partial charge in [-0.1, -0.05) is 29.8 Å². The topological polar surface area (TPSA) is 55.8 Å². The quantitative estimate of drug-likeness (QED) is 0.343. The van der Waals surface area contributed by atoms with Crippen LogP contribution in [0.4, 0.5) is 5.82 Å². The van der Waals surface area contributed by atoms with E-state index in [1.54, 1.807) is 7.05 Å². The lowest BCUT2D eigenvalue weighted by Crippen LogP contribution is -2.45. The average molecular weight is 529 g/mol. The largest absolute Gasteiger partial charge is 0.356 e. The van der Waals surface area contributed by atoms with Crippen molar-refractivity contribution in [3.05, 3.63) is 58.7 Å². The first-order valence-corrected chi connectivity index (χ1v) is 10.1. The summed E-state index contributed by atoms with van der Waals surface area (Å²) < 4.78 is 0. The van der Waals surface area contributed by atoms with Crippen molar-refractivity contribution in [3.8, 4) is 0 Å². The molecule has 0 spiro atoms. The first-order chi connectivity index (χ1) is 13.7. The summed E-state index contributed by atoms with van der Waals surface area (Å²) in [6, 6.07) is 12.1. The lowest BCUT2D eigenvalue weighted by molar-refractivity contribution is 0.312. The number of nitrogens with zero attached hydrogens (tertiary/aromatic N) is 4. The lowest BCUT2D eigenvalue weighted by Gasteiger charge is -2.34. The standard InChI is InChI=1S/C21H29ClN6.HI/c1-23-21(25-10-8-17-5-3-7-19(22)15-17)26-16-18-6-4-9-24-20(18)28-13-11-27(2)12-14-28;/h3-7,9,15H,8,10-14,16H2,1-2H3,(H2,23,25,26);1H. The summed E-state index contributed by atoms with van der Waals surface area (Å²) in [4.78, 5) is 13.7. The fourth-order valence-electron chi connectivity index (χ4n) is 3.29. The van der Waals surface area contributed by atoms with Crippen LogP contribution >= 0.6 is 35.6 Å². The zero-order valence-electron chi connectivity index (χ0n) is 17.1. The van der Waals surface area contributed by atoms with Crippen LogP contribution in [0.1, 0.15) is 11.1 Å². The highest BCUT2D eigenvalue weighted by atomic mass is 127. The molecule has 0 amide bonds. The first kappa shape index (κ1) is 23.7. The van der Waals surface area contributed by atoms with Gasteiger partial charge >= 0.3 is 0 Å². The molecule has 6 nitrogen and oxygen atoms in total. The van der Waals surface area contributed by atoms with E-state index in [4.69, 9.17) is 11.6 Å². The Bertz CT molecular complexity index is 792. The molecule has 0 radical (unpaired) electrons. The maximum atomic E-state index is 6.05. The maximum absolute atomic E-state index is 6.05. The number of piperazine rings is 1. The van der Waals surface area contributed by atoms with E-state index >= 15 is 0 Å². The molecule has 2 heterocycles. The molecule has 1 aliphatic rings. The molecule has 8 heteroatoms. The van der Waals surface area contributed by atoms with Gasteiger partial charge in [0, 0.05) is 63.1 Å². The molecule has 2 aromatic rings. The number of anilines is 1. The molecule has 0 bridgehead atoms. The van der Waals surface area contributed by atoms with Gasteiger partial charge in [0.15, 0.2) is 5.96 Å². The fraction of sp³-hybridized carbons (Fsp3) is 0.429. The third kappa shape index (κ3) is 7.31. The Balaban J connectivity index is 0.00000300. The minimum atomic E-state index is 0. The van der Waals surface area contributed by atoms with Gasteiger partial charge in [-0.05, 0) is 37.2 Å². The molecule has 2 N–H and O–H groups in total. The summed E-state index contributed by atoms with van der Waals surface area (Å²) in [6.07, 6.45) is 2.76. The predicted molar refractivity (Wildman–Crippen MR) is 133 cm³/mol. The molecule has 0 unspecified atom stereocenters. The number of aliphatic imine (C=N–C) groups is 1. The van der Waals surface area contributed by atoms with Gasteiger partial charge in [-0.3, -0.25) is 4.99 Å².